The molecule has 0 aliphatic rings. The van der Waals surface area contributed by atoms with E-state index in [1.54, 1.807) is 0 Å². The molecular weight excluding hydrogens is 168 g/mol. The molecule has 0 bridgehead atoms. The zero-order valence-corrected chi connectivity index (χ0v) is 9.25. The van der Waals surface area contributed by atoms with Crippen molar-refractivity contribution in [3.05, 3.63) is 54.1 Å². The summed E-state index contributed by atoms with van der Waals surface area (Å²) in [6.07, 6.45) is 4.20. The molecule has 0 radical (unpaired) electrons. The molecule has 0 unspecified atom stereocenters. The van der Waals surface area contributed by atoms with Crippen molar-refractivity contribution in [2.45, 2.75) is 20.8 Å². The summed E-state index contributed by atoms with van der Waals surface area (Å²) in [5, 5.41) is 0. The van der Waals surface area contributed by atoms with Crippen LogP contribution in [0.25, 0.3) is 6.08 Å². The summed E-state index contributed by atoms with van der Waals surface area (Å²) >= 11 is 0. The van der Waals surface area contributed by atoms with Gasteiger partial charge in [0.2, 0.25) is 0 Å². The van der Waals surface area contributed by atoms with Crippen LogP contribution in [0, 0.1) is 5.41 Å². The minimum Gasteiger partial charge on any atom is -0.0953 e. The summed E-state index contributed by atoms with van der Waals surface area (Å²) in [7, 11) is 0. The van der Waals surface area contributed by atoms with Gasteiger partial charge in [0.1, 0.15) is 0 Å². The van der Waals surface area contributed by atoms with Gasteiger partial charge < -0.3 is 0 Å². The van der Waals surface area contributed by atoms with Crippen LogP contribution in [-0.4, -0.2) is 0 Å². The fourth-order valence-electron chi connectivity index (χ4n) is 1.01. The molecule has 0 aliphatic carbocycles. The Labute approximate surface area is 87.0 Å². The van der Waals surface area contributed by atoms with E-state index in [9.17, 15) is 0 Å². The normalized spacial score (nSPS) is 11.9. The first-order valence-corrected chi connectivity index (χ1v) is 4.92. The van der Waals surface area contributed by atoms with Crippen molar-refractivity contribution in [1.82, 2.24) is 0 Å². The summed E-state index contributed by atoms with van der Waals surface area (Å²) in [6.45, 7) is 10.6. The maximum Gasteiger partial charge on any atom is -0.0138 e. The highest BCUT2D eigenvalue weighted by Crippen LogP contribution is 2.24. The average molecular weight is 186 g/mol. The van der Waals surface area contributed by atoms with Crippen molar-refractivity contribution in [3.63, 3.8) is 0 Å². The van der Waals surface area contributed by atoms with E-state index in [1.165, 1.54) is 5.56 Å². The Morgan fingerprint density at radius 1 is 1.14 bits per heavy atom. The van der Waals surface area contributed by atoms with Gasteiger partial charge in [0.15, 0.2) is 0 Å². The molecule has 0 nitrogen and oxygen atoms in total. The second kappa shape index (κ2) is 4.28. The third kappa shape index (κ3) is 3.21. The number of hydrogen-bond donors (Lipinski definition) is 0. The molecule has 0 fully saturated rings. The summed E-state index contributed by atoms with van der Waals surface area (Å²) in [5.74, 6) is 0. The third-order valence-electron chi connectivity index (χ3n) is 2.24. The Bertz CT molecular complexity index is 323. The van der Waals surface area contributed by atoms with Gasteiger partial charge in [-0.05, 0) is 16.6 Å². The van der Waals surface area contributed by atoms with E-state index in [4.69, 9.17) is 0 Å². The maximum absolute atomic E-state index is 4.05. The van der Waals surface area contributed by atoms with Gasteiger partial charge in [-0.2, -0.15) is 0 Å². The first-order chi connectivity index (χ1) is 6.50. The van der Waals surface area contributed by atoms with Gasteiger partial charge in [0, 0.05) is 0 Å². The molecule has 0 amide bonds. The molecule has 0 aromatic heterocycles. The summed E-state index contributed by atoms with van der Waals surface area (Å²) in [6, 6.07) is 10.3. The monoisotopic (exact) mass is 186 g/mol. The molecule has 0 atom stereocenters. The first-order valence-electron chi connectivity index (χ1n) is 4.92. The molecule has 0 saturated heterocycles. The molecule has 1 rings (SSSR count). The van der Waals surface area contributed by atoms with E-state index in [0.717, 1.165) is 5.57 Å². The van der Waals surface area contributed by atoms with Crippen molar-refractivity contribution in [1.29, 1.82) is 0 Å². The lowest BCUT2D eigenvalue weighted by atomic mass is 9.87. The van der Waals surface area contributed by atoms with Gasteiger partial charge in [0.05, 0.1) is 0 Å². The number of rotatable bonds is 2. The Morgan fingerprint density at radius 3 is 2.21 bits per heavy atom. The van der Waals surface area contributed by atoms with Crippen molar-refractivity contribution in [3.8, 4) is 0 Å². The molecular formula is C14H18. The second-order valence-electron chi connectivity index (χ2n) is 4.52. The van der Waals surface area contributed by atoms with Gasteiger partial charge in [-0.3, -0.25) is 0 Å². The molecule has 0 heteroatoms. The van der Waals surface area contributed by atoms with Gasteiger partial charge in [-0.15, -0.1) is 0 Å². The predicted octanol–water partition coefficient (Wildman–Crippen LogP) is 4.30. The Kier molecular flexibility index (Phi) is 3.29. The van der Waals surface area contributed by atoms with Gasteiger partial charge in [-0.1, -0.05) is 69.8 Å². The highest BCUT2D eigenvalue weighted by molar-refractivity contribution is 5.52. The summed E-state index contributed by atoms with van der Waals surface area (Å²) in [4.78, 5) is 0. The smallest absolute Gasteiger partial charge is 0.0138 e. The van der Waals surface area contributed by atoms with E-state index in [-0.39, 0.29) is 5.41 Å². The van der Waals surface area contributed by atoms with Crippen LogP contribution in [0.5, 0.6) is 0 Å². The topological polar surface area (TPSA) is 0 Å². The molecule has 0 aliphatic heterocycles. The van der Waals surface area contributed by atoms with Crippen molar-refractivity contribution < 1.29 is 0 Å². The van der Waals surface area contributed by atoms with Gasteiger partial charge >= 0.3 is 0 Å². The Morgan fingerprint density at radius 2 is 1.71 bits per heavy atom. The second-order valence-corrected chi connectivity index (χ2v) is 4.52. The molecule has 0 spiro atoms. The van der Waals surface area contributed by atoms with Crippen LogP contribution in [0.1, 0.15) is 26.3 Å². The van der Waals surface area contributed by atoms with Crippen molar-refractivity contribution >= 4 is 6.08 Å². The largest absolute Gasteiger partial charge is 0.0953 e. The maximum atomic E-state index is 4.05. The third-order valence-corrected chi connectivity index (χ3v) is 2.24. The van der Waals surface area contributed by atoms with Crippen LogP contribution in [0.4, 0.5) is 0 Å². The number of allylic oxidation sites excluding steroid dienone is 2. The molecule has 1 aromatic carbocycles. The fourth-order valence-corrected chi connectivity index (χ4v) is 1.01. The van der Waals surface area contributed by atoms with Crippen LogP contribution >= 0.6 is 0 Å². The van der Waals surface area contributed by atoms with Crippen LogP contribution < -0.4 is 0 Å². The molecule has 74 valence electrons. The molecule has 14 heavy (non-hydrogen) atoms. The summed E-state index contributed by atoms with van der Waals surface area (Å²) < 4.78 is 0. The van der Waals surface area contributed by atoms with E-state index in [1.807, 2.05) is 18.2 Å². The van der Waals surface area contributed by atoms with Crippen LogP contribution in [0.3, 0.4) is 0 Å². The average Bonchev–Trinajstić information content (AvgIpc) is 2.14. The van der Waals surface area contributed by atoms with Crippen molar-refractivity contribution in [2.75, 3.05) is 0 Å². The number of benzene rings is 1. The van der Waals surface area contributed by atoms with Gasteiger partial charge in [0.25, 0.3) is 0 Å². The lowest BCUT2D eigenvalue weighted by Crippen LogP contribution is -2.05. The lowest BCUT2D eigenvalue weighted by Gasteiger charge is -2.18. The van der Waals surface area contributed by atoms with Gasteiger partial charge in [-0.25, -0.2) is 0 Å². The lowest BCUT2D eigenvalue weighted by molar-refractivity contribution is 0.519. The van der Waals surface area contributed by atoms with Crippen LogP contribution in [0.2, 0.25) is 0 Å². The van der Waals surface area contributed by atoms with Crippen LogP contribution in [-0.2, 0) is 0 Å². The minimum absolute atomic E-state index is 0.158. The van der Waals surface area contributed by atoms with E-state index >= 15 is 0 Å². The molecule has 1 aromatic rings. The Balaban J connectivity index is 2.71. The highest BCUT2D eigenvalue weighted by Gasteiger charge is 2.11. The first kappa shape index (κ1) is 10.8. The van der Waals surface area contributed by atoms with Crippen LogP contribution in [0.15, 0.2) is 48.6 Å². The number of hydrogen-bond acceptors (Lipinski definition) is 0. The highest BCUT2D eigenvalue weighted by atomic mass is 14.2. The zero-order valence-electron chi connectivity index (χ0n) is 9.25. The predicted molar refractivity (Wildman–Crippen MR) is 64.1 cm³/mol. The fraction of sp³-hybridized carbons (Fsp3) is 0.286. The summed E-state index contributed by atoms with van der Waals surface area (Å²) in [5.41, 5.74) is 2.53. The SMILES string of the molecule is C=C(/C=C/c1ccccc1)C(C)(C)C. The quantitative estimate of drug-likeness (QED) is 0.604. The molecule has 0 saturated carbocycles. The van der Waals surface area contributed by atoms with E-state index in [0.29, 0.717) is 0 Å². The van der Waals surface area contributed by atoms with E-state index in [2.05, 4.69) is 51.6 Å². The Hall–Kier alpha value is -1.30. The minimum atomic E-state index is 0.158. The standard InChI is InChI=1S/C14H18/c1-12(14(2,3)4)10-11-13-8-6-5-7-9-13/h5-11H,1H2,2-4H3/b11-10+. The zero-order chi connectivity index (χ0) is 10.6. The van der Waals surface area contributed by atoms with E-state index < -0.39 is 0 Å². The molecule has 0 heterocycles. The molecule has 0 N–H and O–H groups in total. The van der Waals surface area contributed by atoms with Crippen molar-refractivity contribution in [2.24, 2.45) is 5.41 Å².